The number of aromatic amines is 1. The predicted octanol–water partition coefficient (Wildman–Crippen LogP) is 1.61. The summed E-state index contributed by atoms with van der Waals surface area (Å²) < 4.78 is 5.19. The summed E-state index contributed by atoms with van der Waals surface area (Å²) in [5, 5.41) is 3.80. The van der Waals surface area contributed by atoms with Crippen molar-refractivity contribution in [3.8, 4) is 5.75 Å². The molecule has 110 valence electrons. The lowest BCUT2D eigenvalue weighted by molar-refractivity contribution is -0.122. The molecule has 2 N–H and O–H groups in total. The van der Waals surface area contributed by atoms with E-state index in [1.165, 1.54) is 0 Å². The summed E-state index contributed by atoms with van der Waals surface area (Å²) in [6, 6.07) is 7.39. The second kappa shape index (κ2) is 5.60. The molecule has 5 nitrogen and oxygen atoms in total. The average Bonchev–Trinajstić information content (AvgIpc) is 3.32. The van der Waals surface area contributed by atoms with E-state index in [9.17, 15) is 9.59 Å². The molecule has 0 aliphatic heterocycles. The fraction of sp³-hybridized carbons (Fsp3) is 0.375. The Morgan fingerprint density at radius 3 is 2.90 bits per heavy atom. The Labute approximate surface area is 122 Å². The van der Waals surface area contributed by atoms with Gasteiger partial charge < -0.3 is 15.0 Å². The number of carbonyl (C=O) groups excluding carboxylic acids is 1. The van der Waals surface area contributed by atoms with Gasteiger partial charge >= 0.3 is 0 Å². The van der Waals surface area contributed by atoms with Gasteiger partial charge in [-0.1, -0.05) is 0 Å². The van der Waals surface area contributed by atoms with E-state index >= 15 is 0 Å². The summed E-state index contributed by atoms with van der Waals surface area (Å²) in [5.41, 5.74) is 1.35. The molecule has 1 amide bonds. The van der Waals surface area contributed by atoms with Crippen LogP contribution in [-0.2, 0) is 11.2 Å². The molecule has 21 heavy (non-hydrogen) atoms. The molecule has 5 heteroatoms. The Balaban J connectivity index is 1.75. The number of carbonyl (C=O) groups is 1. The van der Waals surface area contributed by atoms with E-state index in [0.717, 1.165) is 29.5 Å². The number of nitrogens with one attached hydrogen (secondary N) is 2. The van der Waals surface area contributed by atoms with Gasteiger partial charge in [0.15, 0.2) is 0 Å². The van der Waals surface area contributed by atoms with Crippen LogP contribution in [0.1, 0.15) is 18.4 Å². The van der Waals surface area contributed by atoms with Crippen molar-refractivity contribution >= 4 is 16.8 Å². The van der Waals surface area contributed by atoms with E-state index in [0.29, 0.717) is 18.5 Å². The standard InChI is InChI=1S/C16H18N2O3/c1-21-13-4-5-14-12(9-13)8-11(16(20)18-14)6-7-17-15(19)10-2-3-10/h4-5,8-10H,2-3,6-7H2,1H3,(H,17,19)(H,18,20). The lowest BCUT2D eigenvalue weighted by atomic mass is 10.1. The fourth-order valence-electron chi connectivity index (χ4n) is 2.35. The molecule has 0 saturated heterocycles. The largest absolute Gasteiger partial charge is 0.497 e. The highest BCUT2D eigenvalue weighted by atomic mass is 16.5. The normalized spacial score (nSPS) is 14.1. The third-order valence-electron chi connectivity index (χ3n) is 3.77. The number of hydrogen-bond donors (Lipinski definition) is 2. The van der Waals surface area contributed by atoms with Crippen LogP contribution in [0.5, 0.6) is 5.75 Å². The number of aromatic nitrogens is 1. The molecule has 1 saturated carbocycles. The van der Waals surface area contributed by atoms with Gasteiger partial charge in [-0.15, -0.1) is 0 Å². The quantitative estimate of drug-likeness (QED) is 0.877. The second-order valence-electron chi connectivity index (χ2n) is 5.39. The van der Waals surface area contributed by atoms with Crippen LogP contribution >= 0.6 is 0 Å². The van der Waals surface area contributed by atoms with E-state index in [2.05, 4.69) is 10.3 Å². The molecular formula is C16H18N2O3. The number of rotatable bonds is 5. The van der Waals surface area contributed by atoms with E-state index in [1.54, 1.807) is 7.11 Å². The van der Waals surface area contributed by atoms with Crippen molar-refractivity contribution in [3.63, 3.8) is 0 Å². The Kier molecular flexibility index (Phi) is 3.64. The van der Waals surface area contributed by atoms with Gasteiger partial charge in [0, 0.05) is 28.9 Å². The van der Waals surface area contributed by atoms with Crippen LogP contribution in [0.3, 0.4) is 0 Å². The highest BCUT2D eigenvalue weighted by Crippen LogP contribution is 2.28. The van der Waals surface area contributed by atoms with Crippen molar-refractivity contribution in [2.24, 2.45) is 5.92 Å². The molecule has 2 aromatic rings. The van der Waals surface area contributed by atoms with Crippen LogP contribution in [0, 0.1) is 5.92 Å². The lowest BCUT2D eigenvalue weighted by Gasteiger charge is -2.06. The van der Waals surface area contributed by atoms with Gasteiger partial charge in [0.05, 0.1) is 7.11 Å². The third-order valence-corrected chi connectivity index (χ3v) is 3.77. The predicted molar refractivity (Wildman–Crippen MR) is 80.6 cm³/mol. The molecule has 0 radical (unpaired) electrons. The Bertz CT molecular complexity index is 732. The number of fused-ring (bicyclic) bond motifs is 1. The third kappa shape index (κ3) is 3.07. The van der Waals surface area contributed by atoms with Crippen molar-refractivity contribution in [1.29, 1.82) is 0 Å². The first kappa shape index (κ1) is 13.7. The van der Waals surface area contributed by atoms with Crippen LogP contribution in [0.2, 0.25) is 0 Å². The van der Waals surface area contributed by atoms with Gasteiger partial charge in [0.2, 0.25) is 5.91 Å². The molecule has 1 fully saturated rings. The molecular weight excluding hydrogens is 268 g/mol. The van der Waals surface area contributed by atoms with Crippen LogP contribution in [0.4, 0.5) is 0 Å². The minimum absolute atomic E-state index is 0.103. The van der Waals surface area contributed by atoms with Crippen molar-refractivity contribution in [2.45, 2.75) is 19.3 Å². The van der Waals surface area contributed by atoms with E-state index < -0.39 is 0 Å². The minimum Gasteiger partial charge on any atom is -0.497 e. The average molecular weight is 286 g/mol. The maximum Gasteiger partial charge on any atom is 0.251 e. The molecule has 0 unspecified atom stereocenters. The zero-order chi connectivity index (χ0) is 14.8. The molecule has 0 atom stereocenters. The Morgan fingerprint density at radius 1 is 1.38 bits per heavy atom. The van der Waals surface area contributed by atoms with Crippen molar-refractivity contribution in [3.05, 3.63) is 40.2 Å². The Morgan fingerprint density at radius 2 is 2.19 bits per heavy atom. The van der Waals surface area contributed by atoms with Crippen molar-refractivity contribution in [1.82, 2.24) is 10.3 Å². The molecule has 0 bridgehead atoms. The van der Waals surface area contributed by atoms with E-state index in [-0.39, 0.29) is 17.4 Å². The highest BCUT2D eigenvalue weighted by molar-refractivity contribution is 5.81. The molecule has 1 aromatic carbocycles. The number of hydrogen-bond acceptors (Lipinski definition) is 3. The van der Waals surface area contributed by atoms with Gasteiger partial charge in [-0.05, 0) is 43.5 Å². The number of ether oxygens (including phenoxy) is 1. The van der Waals surface area contributed by atoms with Crippen LogP contribution < -0.4 is 15.6 Å². The second-order valence-corrected chi connectivity index (χ2v) is 5.39. The van der Waals surface area contributed by atoms with Gasteiger partial charge in [0.1, 0.15) is 5.75 Å². The van der Waals surface area contributed by atoms with E-state index in [1.807, 2.05) is 24.3 Å². The maximum absolute atomic E-state index is 12.0. The zero-order valence-electron chi connectivity index (χ0n) is 11.9. The van der Waals surface area contributed by atoms with Crippen LogP contribution in [-0.4, -0.2) is 24.5 Å². The molecule has 1 aromatic heterocycles. The first-order valence-electron chi connectivity index (χ1n) is 7.15. The summed E-state index contributed by atoms with van der Waals surface area (Å²) in [4.78, 5) is 26.4. The van der Waals surface area contributed by atoms with Gasteiger partial charge in [0.25, 0.3) is 5.56 Å². The van der Waals surface area contributed by atoms with Gasteiger partial charge in [-0.2, -0.15) is 0 Å². The summed E-state index contributed by atoms with van der Waals surface area (Å²) in [6.07, 6.45) is 2.51. The zero-order valence-corrected chi connectivity index (χ0v) is 11.9. The number of H-pyrrole nitrogens is 1. The lowest BCUT2D eigenvalue weighted by Crippen LogP contribution is -2.28. The smallest absolute Gasteiger partial charge is 0.251 e. The first-order chi connectivity index (χ1) is 10.2. The molecule has 1 aliphatic rings. The van der Waals surface area contributed by atoms with Crippen LogP contribution in [0.15, 0.2) is 29.1 Å². The summed E-state index contributed by atoms with van der Waals surface area (Å²) in [6.45, 7) is 0.494. The number of benzene rings is 1. The van der Waals surface area contributed by atoms with Crippen molar-refractivity contribution in [2.75, 3.05) is 13.7 Å². The molecule has 1 heterocycles. The van der Waals surface area contributed by atoms with Crippen molar-refractivity contribution < 1.29 is 9.53 Å². The summed E-state index contributed by atoms with van der Waals surface area (Å²) >= 11 is 0. The monoisotopic (exact) mass is 286 g/mol. The minimum atomic E-state index is -0.103. The molecule has 1 aliphatic carbocycles. The van der Waals surface area contributed by atoms with Gasteiger partial charge in [-0.25, -0.2) is 0 Å². The molecule has 3 rings (SSSR count). The number of pyridine rings is 1. The first-order valence-corrected chi connectivity index (χ1v) is 7.15. The summed E-state index contributed by atoms with van der Waals surface area (Å²) in [5.74, 6) is 1.06. The number of amides is 1. The Hall–Kier alpha value is -2.30. The summed E-state index contributed by atoms with van der Waals surface area (Å²) in [7, 11) is 1.61. The maximum atomic E-state index is 12.0. The van der Waals surface area contributed by atoms with E-state index in [4.69, 9.17) is 4.74 Å². The number of methoxy groups -OCH3 is 1. The SMILES string of the molecule is COc1ccc2[nH]c(=O)c(CCNC(=O)C3CC3)cc2c1. The fourth-order valence-corrected chi connectivity index (χ4v) is 2.35. The molecule has 0 spiro atoms. The topological polar surface area (TPSA) is 71.2 Å². The highest BCUT2D eigenvalue weighted by Gasteiger charge is 2.29. The van der Waals surface area contributed by atoms with Gasteiger partial charge in [-0.3, -0.25) is 9.59 Å². The van der Waals surface area contributed by atoms with Crippen LogP contribution in [0.25, 0.3) is 10.9 Å².